The first-order valence-electron chi connectivity index (χ1n) is 5.02. The van der Waals surface area contributed by atoms with Gasteiger partial charge in [-0.15, -0.1) is 0 Å². The van der Waals surface area contributed by atoms with Crippen LogP contribution in [0.3, 0.4) is 0 Å². The van der Waals surface area contributed by atoms with Gasteiger partial charge in [-0.1, -0.05) is 13.8 Å². The summed E-state index contributed by atoms with van der Waals surface area (Å²) in [7, 11) is 2.10. The van der Waals surface area contributed by atoms with Gasteiger partial charge in [0.1, 0.15) is 0 Å². The Morgan fingerprint density at radius 2 is 1.83 bits per heavy atom. The molecule has 0 spiro atoms. The predicted octanol–water partition coefficient (Wildman–Crippen LogP) is 1.13. The molecule has 3 fully saturated rings. The van der Waals surface area contributed by atoms with Gasteiger partial charge in [-0.2, -0.15) is 0 Å². The molecule has 0 aromatic heterocycles. The summed E-state index contributed by atoms with van der Waals surface area (Å²) in [6, 6.07) is 0.643. The molecule has 3 rings (SSSR count). The first kappa shape index (κ1) is 8.52. The number of hydrogen-bond acceptors (Lipinski definition) is 2. The van der Waals surface area contributed by atoms with Gasteiger partial charge in [-0.25, -0.2) is 0 Å². The Hall–Kier alpha value is -0.0800. The summed E-state index contributed by atoms with van der Waals surface area (Å²) in [5, 5.41) is 6.97. The van der Waals surface area contributed by atoms with Gasteiger partial charge in [0.2, 0.25) is 0 Å². The Labute approximate surface area is 75.1 Å². The fraction of sp³-hybridized carbons (Fsp3) is 1.00. The lowest BCUT2D eigenvalue weighted by Gasteiger charge is -2.71. The van der Waals surface area contributed by atoms with Crippen LogP contribution in [0.1, 0.15) is 33.1 Å². The van der Waals surface area contributed by atoms with Crippen molar-refractivity contribution in [2.75, 3.05) is 13.6 Å². The molecule has 12 heavy (non-hydrogen) atoms. The summed E-state index contributed by atoms with van der Waals surface area (Å²) < 4.78 is 0. The third-order valence-electron chi connectivity index (χ3n) is 3.56. The van der Waals surface area contributed by atoms with Crippen molar-refractivity contribution in [1.82, 2.24) is 10.6 Å². The smallest absolute Gasteiger partial charge is 0.0195 e. The normalized spacial score (nSPS) is 44.0. The maximum Gasteiger partial charge on any atom is 0.0195 e. The molecule has 2 N–H and O–H groups in total. The molecule has 0 amide bonds. The van der Waals surface area contributed by atoms with Crippen LogP contribution in [0.15, 0.2) is 0 Å². The summed E-state index contributed by atoms with van der Waals surface area (Å²) in [5.41, 5.74) is 1.26. The first-order valence-corrected chi connectivity index (χ1v) is 5.02. The molecule has 0 aliphatic heterocycles. The van der Waals surface area contributed by atoms with Crippen molar-refractivity contribution in [3.8, 4) is 0 Å². The summed E-state index contributed by atoms with van der Waals surface area (Å²) in [6.07, 6.45) is 4.20. The maximum atomic E-state index is 3.54. The van der Waals surface area contributed by atoms with Crippen LogP contribution in [0, 0.1) is 5.41 Å². The van der Waals surface area contributed by atoms with Gasteiger partial charge in [-0.05, 0) is 31.7 Å². The quantitative estimate of drug-likeness (QED) is 0.657. The van der Waals surface area contributed by atoms with Crippen molar-refractivity contribution < 1.29 is 0 Å². The highest BCUT2D eigenvalue weighted by Crippen LogP contribution is 2.66. The molecule has 3 aliphatic carbocycles. The highest BCUT2D eigenvalue weighted by molar-refractivity contribution is 5.23. The van der Waals surface area contributed by atoms with Crippen LogP contribution in [0.25, 0.3) is 0 Å². The molecular weight excluding hydrogens is 148 g/mol. The van der Waals surface area contributed by atoms with Gasteiger partial charge in [-0.3, -0.25) is 0 Å². The minimum atomic E-state index is 0.568. The monoisotopic (exact) mass is 168 g/mol. The van der Waals surface area contributed by atoms with Crippen molar-refractivity contribution in [3.63, 3.8) is 0 Å². The highest BCUT2D eigenvalue weighted by atomic mass is 15.1. The second-order valence-corrected chi connectivity index (χ2v) is 5.10. The maximum absolute atomic E-state index is 3.54. The predicted molar refractivity (Wildman–Crippen MR) is 51.2 cm³/mol. The van der Waals surface area contributed by atoms with Gasteiger partial charge >= 0.3 is 0 Å². The molecule has 3 aliphatic rings. The summed E-state index contributed by atoms with van der Waals surface area (Å²) in [4.78, 5) is 0. The van der Waals surface area contributed by atoms with Crippen LogP contribution in [0.2, 0.25) is 0 Å². The van der Waals surface area contributed by atoms with E-state index in [2.05, 4.69) is 31.5 Å². The molecule has 0 atom stereocenters. The molecule has 70 valence electrons. The van der Waals surface area contributed by atoms with E-state index >= 15 is 0 Å². The molecule has 2 bridgehead atoms. The van der Waals surface area contributed by atoms with E-state index < -0.39 is 0 Å². The third-order valence-corrected chi connectivity index (χ3v) is 3.56. The highest BCUT2D eigenvalue weighted by Gasteiger charge is 2.66. The molecule has 3 saturated carbocycles. The van der Waals surface area contributed by atoms with Gasteiger partial charge in [0.25, 0.3) is 0 Å². The van der Waals surface area contributed by atoms with Gasteiger partial charge in [0.05, 0.1) is 0 Å². The zero-order chi connectivity index (χ0) is 8.82. The molecule has 0 saturated heterocycles. The van der Waals surface area contributed by atoms with E-state index in [1.165, 1.54) is 25.8 Å². The second kappa shape index (κ2) is 2.46. The van der Waals surface area contributed by atoms with E-state index in [1.807, 2.05) is 0 Å². The third kappa shape index (κ3) is 1.09. The van der Waals surface area contributed by atoms with E-state index in [-0.39, 0.29) is 0 Å². The van der Waals surface area contributed by atoms with E-state index in [0.29, 0.717) is 17.0 Å². The molecule has 0 aromatic rings. The Morgan fingerprint density at radius 1 is 1.25 bits per heavy atom. The molecule has 2 heteroatoms. The fourth-order valence-corrected chi connectivity index (χ4v) is 2.87. The zero-order valence-corrected chi connectivity index (χ0v) is 8.41. The molecule has 2 nitrogen and oxygen atoms in total. The van der Waals surface area contributed by atoms with Crippen molar-refractivity contribution >= 4 is 0 Å². The lowest BCUT2D eigenvalue weighted by molar-refractivity contribution is -0.148. The summed E-state index contributed by atoms with van der Waals surface area (Å²) in [5.74, 6) is 0. The number of nitrogens with one attached hydrogen (secondary N) is 2. The van der Waals surface area contributed by atoms with Gasteiger partial charge in [0.15, 0.2) is 0 Å². The zero-order valence-electron chi connectivity index (χ0n) is 8.41. The SMILES string of the molecule is CNC12CC(CNC(C)C)(C1)C2. The van der Waals surface area contributed by atoms with Crippen molar-refractivity contribution in [3.05, 3.63) is 0 Å². The minimum absolute atomic E-state index is 0.568. The minimum Gasteiger partial charge on any atom is -0.314 e. The van der Waals surface area contributed by atoms with Crippen LogP contribution in [-0.2, 0) is 0 Å². The van der Waals surface area contributed by atoms with E-state index in [1.54, 1.807) is 0 Å². The van der Waals surface area contributed by atoms with E-state index in [0.717, 1.165) is 0 Å². The van der Waals surface area contributed by atoms with Crippen molar-refractivity contribution in [1.29, 1.82) is 0 Å². The summed E-state index contributed by atoms with van der Waals surface area (Å²) in [6.45, 7) is 5.67. The largest absolute Gasteiger partial charge is 0.314 e. The van der Waals surface area contributed by atoms with Crippen LogP contribution >= 0.6 is 0 Å². The molecule has 0 radical (unpaired) electrons. The molecular formula is C10H20N2. The van der Waals surface area contributed by atoms with Crippen LogP contribution in [-0.4, -0.2) is 25.2 Å². The molecule has 0 heterocycles. The summed E-state index contributed by atoms with van der Waals surface area (Å²) >= 11 is 0. The molecule has 0 unspecified atom stereocenters. The number of hydrogen-bond donors (Lipinski definition) is 2. The van der Waals surface area contributed by atoms with Crippen molar-refractivity contribution in [2.24, 2.45) is 5.41 Å². The van der Waals surface area contributed by atoms with Crippen LogP contribution in [0.4, 0.5) is 0 Å². The van der Waals surface area contributed by atoms with E-state index in [4.69, 9.17) is 0 Å². The Kier molecular flexibility index (Phi) is 1.74. The lowest BCUT2D eigenvalue weighted by atomic mass is 9.39. The van der Waals surface area contributed by atoms with Crippen LogP contribution in [0.5, 0.6) is 0 Å². The van der Waals surface area contributed by atoms with Crippen molar-refractivity contribution in [2.45, 2.75) is 44.7 Å². The average molecular weight is 168 g/mol. The standard InChI is InChI=1S/C10H20N2/c1-8(2)12-7-9-4-10(5-9,6-9)11-3/h8,11-12H,4-7H2,1-3H3. The van der Waals surface area contributed by atoms with Crippen LogP contribution < -0.4 is 10.6 Å². The van der Waals surface area contributed by atoms with Gasteiger partial charge < -0.3 is 10.6 Å². The van der Waals surface area contributed by atoms with Gasteiger partial charge in [0, 0.05) is 18.1 Å². The second-order valence-electron chi connectivity index (χ2n) is 5.10. The fourth-order valence-electron chi connectivity index (χ4n) is 2.87. The first-order chi connectivity index (χ1) is 5.60. The average Bonchev–Trinajstić information content (AvgIpc) is 1.82. The van der Waals surface area contributed by atoms with E-state index in [9.17, 15) is 0 Å². The lowest BCUT2D eigenvalue weighted by Crippen LogP contribution is -2.75. The Morgan fingerprint density at radius 3 is 2.25 bits per heavy atom. The Bertz CT molecular complexity index is 167. The Balaban J connectivity index is 1.74. The topological polar surface area (TPSA) is 24.1 Å². The number of rotatable bonds is 4. The molecule has 0 aromatic carbocycles.